The lowest BCUT2D eigenvalue weighted by molar-refractivity contribution is 0.670. The summed E-state index contributed by atoms with van der Waals surface area (Å²) in [5.74, 6) is 0.706. The molecule has 12 aromatic rings. The van der Waals surface area contributed by atoms with E-state index >= 15 is 0 Å². The molecule has 0 spiro atoms. The van der Waals surface area contributed by atoms with Gasteiger partial charge in [-0.2, -0.15) is 0 Å². The molecular formula is C57H35N3OS. The van der Waals surface area contributed by atoms with E-state index in [1.54, 1.807) is 0 Å². The summed E-state index contributed by atoms with van der Waals surface area (Å²) >= 11 is 1.82. The molecule has 12 rings (SSSR count). The Labute approximate surface area is 362 Å². The highest BCUT2D eigenvalue weighted by molar-refractivity contribution is 7.24. The van der Waals surface area contributed by atoms with Crippen molar-refractivity contribution in [2.24, 2.45) is 0 Å². The molecule has 4 heterocycles. The zero-order chi connectivity index (χ0) is 41.0. The molecule has 62 heavy (non-hydrogen) atoms. The molecular weight excluding hydrogens is 775 g/mol. The number of thiophene rings is 1. The third-order valence-electron chi connectivity index (χ3n) is 11.7. The largest absolute Gasteiger partial charge is 0.455 e. The number of nitrogens with zero attached hydrogens (tertiary/aromatic N) is 3. The molecule has 0 aliphatic heterocycles. The first-order valence-electron chi connectivity index (χ1n) is 20.8. The predicted molar refractivity (Wildman–Crippen MR) is 258 cm³/mol. The summed E-state index contributed by atoms with van der Waals surface area (Å²) in [6, 6.07) is 74.2. The van der Waals surface area contributed by atoms with E-state index in [2.05, 4.69) is 170 Å². The highest BCUT2D eigenvalue weighted by atomic mass is 32.1. The average molecular weight is 810 g/mol. The Hall–Kier alpha value is -7.99. The molecule has 0 amide bonds. The number of hydrogen-bond donors (Lipinski definition) is 0. The molecule has 0 N–H and O–H groups in total. The molecule has 0 atom stereocenters. The van der Waals surface area contributed by atoms with Gasteiger partial charge in [0.2, 0.25) is 0 Å². The maximum Gasteiger partial charge on any atom is 0.160 e. The fourth-order valence-corrected chi connectivity index (χ4v) is 10.1. The first-order valence-corrected chi connectivity index (χ1v) is 21.6. The van der Waals surface area contributed by atoms with Crippen LogP contribution in [-0.4, -0.2) is 15.0 Å². The summed E-state index contributed by atoms with van der Waals surface area (Å²) in [6.07, 6.45) is 0. The lowest BCUT2D eigenvalue weighted by Crippen LogP contribution is -1.95. The molecule has 0 saturated heterocycles. The maximum absolute atomic E-state index is 6.69. The van der Waals surface area contributed by atoms with E-state index in [0.29, 0.717) is 5.82 Å². The second kappa shape index (κ2) is 14.9. The molecule has 0 aliphatic carbocycles. The Morgan fingerprint density at radius 1 is 0.387 bits per heavy atom. The number of benzene rings is 8. The molecule has 4 nitrogen and oxygen atoms in total. The minimum Gasteiger partial charge on any atom is -0.455 e. The van der Waals surface area contributed by atoms with E-state index in [-0.39, 0.29) is 0 Å². The van der Waals surface area contributed by atoms with Crippen LogP contribution >= 0.6 is 11.3 Å². The van der Waals surface area contributed by atoms with Crippen LogP contribution in [0, 0.1) is 0 Å². The summed E-state index contributed by atoms with van der Waals surface area (Å²) in [4.78, 5) is 16.6. The predicted octanol–water partition coefficient (Wildman–Crippen LogP) is 15.8. The van der Waals surface area contributed by atoms with Crippen molar-refractivity contribution < 1.29 is 4.42 Å². The Bertz CT molecular complexity index is 3540. The molecule has 8 aromatic carbocycles. The van der Waals surface area contributed by atoms with Gasteiger partial charge in [0.05, 0.1) is 22.6 Å². The maximum atomic E-state index is 6.69. The first-order chi connectivity index (χ1) is 30.7. The Balaban J connectivity index is 0.998. The molecule has 0 saturated carbocycles. The van der Waals surface area contributed by atoms with Crippen LogP contribution in [0.3, 0.4) is 0 Å². The highest BCUT2D eigenvalue weighted by Gasteiger charge is 2.25. The number of fused-ring (bicyclic) bond motifs is 6. The smallest absolute Gasteiger partial charge is 0.160 e. The highest BCUT2D eigenvalue weighted by Crippen LogP contribution is 2.52. The van der Waals surface area contributed by atoms with Crippen LogP contribution in [0.25, 0.3) is 121 Å². The number of pyridine rings is 1. The van der Waals surface area contributed by atoms with Crippen molar-refractivity contribution in [3.63, 3.8) is 0 Å². The molecule has 4 aromatic heterocycles. The normalized spacial score (nSPS) is 11.5. The Kier molecular flexibility index (Phi) is 8.65. The fraction of sp³-hybridized carbons (Fsp3) is 0. The number of aromatic nitrogens is 3. The molecule has 5 heteroatoms. The summed E-state index contributed by atoms with van der Waals surface area (Å²) in [5, 5.41) is 4.52. The van der Waals surface area contributed by atoms with E-state index in [1.165, 1.54) is 4.70 Å². The van der Waals surface area contributed by atoms with E-state index in [4.69, 9.17) is 19.4 Å². The third-order valence-corrected chi connectivity index (χ3v) is 13.0. The van der Waals surface area contributed by atoms with Crippen LogP contribution in [-0.2, 0) is 0 Å². The van der Waals surface area contributed by atoms with Gasteiger partial charge in [0.1, 0.15) is 11.2 Å². The van der Waals surface area contributed by atoms with Gasteiger partial charge in [0.25, 0.3) is 0 Å². The molecule has 0 fully saturated rings. The Morgan fingerprint density at radius 2 is 0.919 bits per heavy atom. The second-order valence-electron chi connectivity index (χ2n) is 15.5. The van der Waals surface area contributed by atoms with Gasteiger partial charge in [-0.3, -0.25) is 0 Å². The molecule has 0 bridgehead atoms. The lowest BCUT2D eigenvalue weighted by Gasteiger charge is -2.12. The van der Waals surface area contributed by atoms with Crippen molar-refractivity contribution in [3.05, 3.63) is 212 Å². The topological polar surface area (TPSA) is 51.8 Å². The van der Waals surface area contributed by atoms with Gasteiger partial charge in [-0.05, 0) is 41.0 Å². The number of rotatable bonds is 7. The van der Waals surface area contributed by atoms with Crippen molar-refractivity contribution in [1.29, 1.82) is 0 Å². The van der Waals surface area contributed by atoms with Crippen molar-refractivity contribution in [1.82, 2.24) is 15.0 Å². The van der Waals surface area contributed by atoms with Crippen LogP contribution in [0.4, 0.5) is 0 Å². The minimum atomic E-state index is 0.706. The van der Waals surface area contributed by atoms with Crippen LogP contribution in [0.2, 0.25) is 0 Å². The number of furan rings is 1. The van der Waals surface area contributed by atoms with E-state index in [9.17, 15) is 0 Å². The van der Waals surface area contributed by atoms with E-state index in [0.717, 1.165) is 110 Å². The van der Waals surface area contributed by atoms with Gasteiger partial charge in [-0.25, -0.2) is 15.0 Å². The average Bonchev–Trinajstić information content (AvgIpc) is 3.95. The molecule has 0 unspecified atom stereocenters. The molecule has 0 radical (unpaired) electrons. The van der Waals surface area contributed by atoms with Gasteiger partial charge in [-0.15, -0.1) is 11.3 Å². The van der Waals surface area contributed by atoms with Crippen LogP contribution in [0.15, 0.2) is 217 Å². The molecule has 290 valence electrons. The third kappa shape index (κ3) is 6.18. The van der Waals surface area contributed by atoms with Crippen molar-refractivity contribution in [2.45, 2.75) is 0 Å². The first kappa shape index (κ1) is 35.9. The minimum absolute atomic E-state index is 0.706. The summed E-state index contributed by atoms with van der Waals surface area (Å²) in [5.41, 5.74) is 15.3. The fourth-order valence-electron chi connectivity index (χ4n) is 8.71. The number of hydrogen-bond acceptors (Lipinski definition) is 5. The van der Waals surface area contributed by atoms with Crippen molar-refractivity contribution in [3.8, 4) is 77.9 Å². The zero-order valence-corrected chi connectivity index (χ0v) is 34.2. The van der Waals surface area contributed by atoms with Crippen LogP contribution in [0.1, 0.15) is 0 Å². The van der Waals surface area contributed by atoms with Gasteiger partial charge >= 0.3 is 0 Å². The van der Waals surface area contributed by atoms with Gasteiger partial charge in [0.15, 0.2) is 5.82 Å². The van der Waals surface area contributed by atoms with Gasteiger partial charge in [0, 0.05) is 64.5 Å². The SMILES string of the molecule is c1ccc(-c2cc(-c3ccc(-c4ccc(-c5c(-c6cccc7c6oc6ccccc67)sc6c5c(-c5ccccc5)nc5ccccc56)cc4)cc3)nc(-c3ccccc3)n2)cc1. The van der Waals surface area contributed by atoms with Gasteiger partial charge in [-0.1, -0.05) is 188 Å². The van der Waals surface area contributed by atoms with E-state index in [1.807, 2.05) is 53.8 Å². The summed E-state index contributed by atoms with van der Waals surface area (Å²) in [7, 11) is 0. The van der Waals surface area contributed by atoms with Gasteiger partial charge < -0.3 is 4.42 Å². The number of para-hydroxylation sites is 3. The standard InChI is InChI=1S/C57H35N3OS/c1-4-15-38(16-5-1)48-35-49(60-57(59-48)42-19-8-3-9-20-42)39-31-27-36(28-32-39)37-29-33-40(34-30-37)51-52-53(41-17-6-2-7-18-41)58-47-25-12-10-22-45(47)55(52)62-56(51)46-24-14-23-44-43-21-11-13-26-50(43)61-54(44)46/h1-35H. The monoisotopic (exact) mass is 809 g/mol. The van der Waals surface area contributed by atoms with Crippen LogP contribution in [0.5, 0.6) is 0 Å². The zero-order valence-electron chi connectivity index (χ0n) is 33.4. The van der Waals surface area contributed by atoms with E-state index < -0.39 is 0 Å². The second-order valence-corrected chi connectivity index (χ2v) is 16.5. The summed E-state index contributed by atoms with van der Waals surface area (Å²) in [6.45, 7) is 0. The summed E-state index contributed by atoms with van der Waals surface area (Å²) < 4.78 is 7.90. The van der Waals surface area contributed by atoms with Crippen molar-refractivity contribution in [2.75, 3.05) is 0 Å². The lowest BCUT2D eigenvalue weighted by atomic mass is 9.93. The van der Waals surface area contributed by atoms with Crippen molar-refractivity contribution >= 4 is 54.3 Å². The molecule has 0 aliphatic rings. The Morgan fingerprint density at radius 3 is 1.61 bits per heavy atom. The quantitative estimate of drug-likeness (QED) is 0.161. The van der Waals surface area contributed by atoms with Crippen LogP contribution < -0.4 is 0 Å².